The van der Waals surface area contributed by atoms with Crippen LogP contribution in [0.3, 0.4) is 0 Å². The number of hydrogen-bond acceptors (Lipinski definition) is 3. The van der Waals surface area contributed by atoms with Crippen molar-refractivity contribution in [3.8, 4) is 5.75 Å². The van der Waals surface area contributed by atoms with E-state index >= 15 is 0 Å². The number of anilines is 2. The monoisotopic (exact) mass is 348 g/mol. The van der Waals surface area contributed by atoms with Gasteiger partial charge in [-0.2, -0.15) is 0 Å². The fraction of sp³-hybridized carbons (Fsp3) is 0.222. The number of carbonyl (C=O) groups excluding carboxylic acids is 2. The third-order valence-corrected chi connectivity index (χ3v) is 3.36. The molecule has 0 saturated carbocycles. The van der Waals surface area contributed by atoms with E-state index in [9.17, 15) is 18.4 Å². The lowest BCUT2D eigenvalue weighted by Gasteiger charge is -2.23. The lowest BCUT2D eigenvalue weighted by Crippen LogP contribution is -2.37. The molecule has 0 aliphatic rings. The highest BCUT2D eigenvalue weighted by Crippen LogP contribution is 2.28. The van der Waals surface area contributed by atoms with E-state index in [-0.39, 0.29) is 0 Å². The molecule has 0 atom stereocenters. The predicted molar refractivity (Wildman–Crippen MR) is 90.6 cm³/mol. The maximum absolute atomic E-state index is 13.6. The minimum atomic E-state index is -0.891. The van der Waals surface area contributed by atoms with Crippen LogP contribution in [0, 0.1) is 11.6 Å². The molecule has 25 heavy (non-hydrogen) atoms. The van der Waals surface area contributed by atoms with Crippen molar-refractivity contribution in [3.63, 3.8) is 0 Å². The summed E-state index contributed by atoms with van der Waals surface area (Å²) >= 11 is 0. The van der Waals surface area contributed by atoms with Gasteiger partial charge >= 0.3 is 0 Å². The Bertz CT molecular complexity index is 760. The molecule has 1 N–H and O–H groups in total. The molecule has 0 radical (unpaired) electrons. The number of halogens is 2. The number of nitrogens with zero attached hydrogens (tertiary/aromatic N) is 1. The third kappa shape index (κ3) is 4.53. The highest BCUT2D eigenvalue weighted by molar-refractivity contribution is 6.02. The normalized spacial score (nSPS) is 10.2. The van der Waals surface area contributed by atoms with E-state index in [1.807, 2.05) is 0 Å². The van der Waals surface area contributed by atoms with Crippen LogP contribution in [0.1, 0.15) is 13.8 Å². The summed E-state index contributed by atoms with van der Waals surface area (Å²) in [5.41, 5.74) is -0.143. The minimum Gasteiger partial charge on any atom is -0.492 e. The van der Waals surface area contributed by atoms with Crippen molar-refractivity contribution in [2.24, 2.45) is 0 Å². The van der Waals surface area contributed by atoms with Crippen LogP contribution in [0.5, 0.6) is 5.75 Å². The Kier molecular flexibility index (Phi) is 6.05. The summed E-state index contributed by atoms with van der Waals surface area (Å²) in [7, 11) is 0. The molecule has 2 amide bonds. The van der Waals surface area contributed by atoms with Gasteiger partial charge in [0, 0.05) is 6.92 Å². The van der Waals surface area contributed by atoms with Crippen LogP contribution in [0.4, 0.5) is 20.2 Å². The number of rotatable bonds is 6. The van der Waals surface area contributed by atoms with Crippen molar-refractivity contribution >= 4 is 23.2 Å². The van der Waals surface area contributed by atoms with Crippen LogP contribution in [-0.2, 0) is 9.59 Å². The molecule has 2 aromatic carbocycles. The maximum Gasteiger partial charge on any atom is 0.244 e. The molecule has 2 rings (SSSR count). The lowest BCUT2D eigenvalue weighted by molar-refractivity contribution is -0.120. The molecule has 0 bridgehead atoms. The average molecular weight is 348 g/mol. The smallest absolute Gasteiger partial charge is 0.244 e. The topological polar surface area (TPSA) is 58.6 Å². The molecule has 132 valence electrons. The van der Waals surface area contributed by atoms with Gasteiger partial charge in [-0.3, -0.25) is 14.5 Å². The van der Waals surface area contributed by atoms with Crippen LogP contribution >= 0.6 is 0 Å². The van der Waals surface area contributed by atoms with Gasteiger partial charge in [-0.1, -0.05) is 18.2 Å². The minimum absolute atomic E-state index is 0.384. The highest BCUT2D eigenvalue weighted by Gasteiger charge is 2.21. The van der Waals surface area contributed by atoms with E-state index in [2.05, 4.69) is 5.32 Å². The molecule has 0 aromatic heterocycles. The molecule has 7 heteroatoms. The van der Waals surface area contributed by atoms with Gasteiger partial charge in [-0.25, -0.2) is 8.78 Å². The van der Waals surface area contributed by atoms with E-state index in [0.717, 1.165) is 12.1 Å². The van der Waals surface area contributed by atoms with E-state index < -0.39 is 35.7 Å². The van der Waals surface area contributed by atoms with E-state index in [1.165, 1.54) is 17.9 Å². The van der Waals surface area contributed by atoms with Gasteiger partial charge in [0.15, 0.2) is 0 Å². The molecule has 5 nitrogen and oxygen atoms in total. The van der Waals surface area contributed by atoms with Gasteiger partial charge in [0.2, 0.25) is 11.8 Å². The zero-order valence-corrected chi connectivity index (χ0v) is 13.9. The molecule has 0 aliphatic carbocycles. The average Bonchev–Trinajstić information content (AvgIpc) is 2.57. The Morgan fingerprint density at radius 2 is 1.72 bits per heavy atom. The molecule has 0 heterocycles. The van der Waals surface area contributed by atoms with Crippen molar-refractivity contribution in [2.45, 2.75) is 13.8 Å². The summed E-state index contributed by atoms with van der Waals surface area (Å²) in [6.07, 6.45) is 0. The third-order valence-electron chi connectivity index (χ3n) is 3.36. The number of para-hydroxylation sites is 3. The fourth-order valence-corrected chi connectivity index (χ4v) is 2.26. The van der Waals surface area contributed by atoms with Crippen molar-refractivity contribution in [3.05, 3.63) is 54.1 Å². The van der Waals surface area contributed by atoms with Gasteiger partial charge in [-0.15, -0.1) is 0 Å². The summed E-state index contributed by atoms with van der Waals surface area (Å²) < 4.78 is 32.7. The first kappa shape index (κ1) is 18.4. The Morgan fingerprint density at radius 1 is 1.08 bits per heavy atom. The number of nitrogens with one attached hydrogen (secondary N) is 1. The summed E-state index contributed by atoms with van der Waals surface area (Å²) in [4.78, 5) is 25.3. The maximum atomic E-state index is 13.6. The second kappa shape index (κ2) is 8.23. The number of ether oxygens (including phenoxy) is 1. The Labute approximate surface area is 144 Å². The first-order valence-corrected chi connectivity index (χ1v) is 7.67. The molecule has 2 aromatic rings. The van der Waals surface area contributed by atoms with E-state index in [4.69, 9.17) is 4.74 Å². The van der Waals surface area contributed by atoms with Crippen LogP contribution in [0.2, 0.25) is 0 Å². The first-order valence-electron chi connectivity index (χ1n) is 7.67. The molecule has 0 aliphatic heterocycles. The van der Waals surface area contributed by atoms with Gasteiger partial charge < -0.3 is 10.1 Å². The summed E-state index contributed by atoms with van der Waals surface area (Å²) in [5, 5.41) is 2.16. The van der Waals surface area contributed by atoms with Crippen molar-refractivity contribution in [1.82, 2.24) is 0 Å². The lowest BCUT2D eigenvalue weighted by atomic mass is 10.2. The Hall–Kier alpha value is -2.96. The second-order valence-corrected chi connectivity index (χ2v) is 5.15. The quantitative estimate of drug-likeness (QED) is 0.871. The Morgan fingerprint density at radius 3 is 2.32 bits per heavy atom. The number of carbonyl (C=O) groups is 2. The van der Waals surface area contributed by atoms with Gasteiger partial charge in [-0.05, 0) is 31.2 Å². The summed E-state index contributed by atoms with van der Waals surface area (Å²) in [5.74, 6) is -2.48. The van der Waals surface area contributed by atoms with Crippen molar-refractivity contribution < 1.29 is 23.1 Å². The van der Waals surface area contributed by atoms with Crippen molar-refractivity contribution in [2.75, 3.05) is 23.4 Å². The highest BCUT2D eigenvalue weighted by atomic mass is 19.1. The van der Waals surface area contributed by atoms with Crippen molar-refractivity contribution in [1.29, 1.82) is 0 Å². The van der Waals surface area contributed by atoms with Crippen LogP contribution in [0.25, 0.3) is 0 Å². The molecule has 0 unspecified atom stereocenters. The largest absolute Gasteiger partial charge is 0.492 e. The van der Waals surface area contributed by atoms with Gasteiger partial charge in [0.25, 0.3) is 0 Å². The summed E-state index contributed by atoms with van der Waals surface area (Å²) in [6.45, 7) is 3.06. The first-order chi connectivity index (χ1) is 11.9. The number of benzene rings is 2. The fourth-order valence-electron chi connectivity index (χ4n) is 2.26. The predicted octanol–water partition coefficient (Wildman–Crippen LogP) is 3.36. The number of hydrogen-bond donors (Lipinski definition) is 1. The number of amides is 2. The second-order valence-electron chi connectivity index (χ2n) is 5.15. The van der Waals surface area contributed by atoms with E-state index in [0.29, 0.717) is 18.0 Å². The molecular formula is C18H18F2N2O3. The zero-order valence-electron chi connectivity index (χ0n) is 13.9. The summed E-state index contributed by atoms with van der Waals surface area (Å²) in [6, 6.07) is 9.99. The standard InChI is InChI=1S/C18H18F2N2O3/c1-3-25-16-10-5-4-9-15(16)22(12(2)23)11-17(24)21-18-13(19)7-6-8-14(18)20/h4-10H,3,11H2,1-2H3,(H,21,24). The van der Waals surface area contributed by atoms with Gasteiger partial charge in [0.05, 0.1) is 12.3 Å². The SMILES string of the molecule is CCOc1ccccc1N(CC(=O)Nc1c(F)cccc1F)C(C)=O. The molecule has 0 saturated heterocycles. The van der Waals surface area contributed by atoms with E-state index in [1.54, 1.807) is 31.2 Å². The van der Waals surface area contributed by atoms with Crippen LogP contribution < -0.4 is 15.0 Å². The Balaban J connectivity index is 2.22. The van der Waals surface area contributed by atoms with Crippen LogP contribution in [-0.4, -0.2) is 25.0 Å². The molecule has 0 fully saturated rings. The molecular weight excluding hydrogens is 330 g/mol. The van der Waals surface area contributed by atoms with Gasteiger partial charge in [0.1, 0.15) is 29.6 Å². The zero-order chi connectivity index (χ0) is 18.4. The van der Waals surface area contributed by atoms with Crippen LogP contribution in [0.15, 0.2) is 42.5 Å². The molecule has 0 spiro atoms.